The lowest BCUT2D eigenvalue weighted by Crippen LogP contribution is -2.44. The second-order valence-electron chi connectivity index (χ2n) is 25.9. The van der Waals surface area contributed by atoms with Gasteiger partial charge in [0, 0.05) is 72.6 Å². The zero-order valence-electron chi connectivity index (χ0n) is 63.5. The standard InChI is InChI=1S/C17H27N3O7.C16H25N3O7.C12H17NO7.C11H15NO7.C9H15N3O3/c1-10(2)25-14(22)13(8-7-12(21)9-19-18)20-16(24)27-11(3)26-15(23)17(4,5)6;1-9(2)14(21)25-11(5)26-16(23)19-13(15(22)24-10(3)4)7-6-12(20)8-18-17;1-7(18-10(16)12(2,3)4)19-11(17)20-13-8(14)5-6-9(13)15;1-6(2)10(15)17-7(3)18-11(16)19-12-8(13)4-5-9(12)14;1-6(2)15-9(14)8(10)4-3-7(13)5-12-11/h9-11,13H,7-8H2,1-6H3,(H,20,24);8-11,13H,6-7H2,1-5H3,(H,19,23);7H,5-6H2,1-4H3;6-7H,4-5H2,1-3H3;5-6,8H,3-4,10H2,1-2H3. The molecular weight excluding hydrogens is 1430 g/mol. The summed E-state index contributed by atoms with van der Waals surface area (Å²) in [5.41, 5.74) is 28.7. The molecule has 2 saturated heterocycles. The molecule has 0 spiro atoms. The molecule has 0 aromatic carbocycles. The van der Waals surface area contributed by atoms with E-state index in [4.69, 9.17) is 65.0 Å². The van der Waals surface area contributed by atoms with E-state index in [1.54, 1.807) is 111 Å². The van der Waals surface area contributed by atoms with Crippen LogP contribution in [-0.4, -0.2) is 212 Å². The molecular formula is C65H99N11O31. The Labute approximate surface area is 616 Å². The molecule has 2 aliphatic heterocycles. The largest absolute Gasteiger partial charge is 0.537 e. The number of esters is 7. The number of hydrogen-bond donors (Lipinski definition) is 3. The van der Waals surface area contributed by atoms with Crippen LogP contribution in [0.25, 0.3) is 16.6 Å². The van der Waals surface area contributed by atoms with E-state index < -0.39 is 174 Å². The third-order valence-corrected chi connectivity index (χ3v) is 11.9. The zero-order chi connectivity index (χ0) is 83.4. The number of alkyl carbamates (subject to hydrolysis) is 2. The number of imide groups is 2. The highest BCUT2D eigenvalue weighted by atomic mass is 16.9. The zero-order valence-corrected chi connectivity index (χ0v) is 63.5. The van der Waals surface area contributed by atoms with Crippen molar-refractivity contribution in [1.82, 2.24) is 20.8 Å². The molecule has 7 atom stereocenters. The van der Waals surface area contributed by atoms with Crippen LogP contribution >= 0.6 is 0 Å². The normalized spacial score (nSPS) is 14.1. The number of carbonyl (C=O) groups excluding carboxylic acids is 18. The lowest BCUT2D eigenvalue weighted by Gasteiger charge is -2.22. The van der Waals surface area contributed by atoms with Crippen molar-refractivity contribution in [2.75, 3.05) is 0 Å². The summed E-state index contributed by atoms with van der Waals surface area (Å²) in [6, 6.07) is -3.14. The monoisotopic (exact) mass is 1530 g/mol. The van der Waals surface area contributed by atoms with Crippen LogP contribution in [0, 0.1) is 22.7 Å². The van der Waals surface area contributed by atoms with Crippen LogP contribution in [-0.2, 0) is 129 Å². The maximum Gasteiger partial charge on any atom is 0.537 e. The molecule has 7 unspecified atom stereocenters. The highest BCUT2D eigenvalue weighted by Gasteiger charge is 2.37. The van der Waals surface area contributed by atoms with Crippen LogP contribution in [0.5, 0.6) is 0 Å². The smallest absolute Gasteiger partial charge is 0.462 e. The van der Waals surface area contributed by atoms with Gasteiger partial charge in [0.25, 0.3) is 23.6 Å². The summed E-state index contributed by atoms with van der Waals surface area (Å²) in [7, 11) is 0. The quantitative estimate of drug-likeness (QED) is 0.0157. The van der Waals surface area contributed by atoms with E-state index in [2.05, 4.69) is 44.2 Å². The van der Waals surface area contributed by atoms with Crippen LogP contribution in [0.1, 0.15) is 203 Å². The summed E-state index contributed by atoms with van der Waals surface area (Å²) in [5.74, 6) is -8.95. The summed E-state index contributed by atoms with van der Waals surface area (Å²) in [4.78, 5) is 223. The third-order valence-electron chi connectivity index (χ3n) is 11.9. The van der Waals surface area contributed by atoms with Crippen molar-refractivity contribution >= 4 is 126 Å². The Morgan fingerprint density at radius 3 is 0.925 bits per heavy atom. The number of carbonyl (C=O) groups is 18. The molecule has 107 heavy (non-hydrogen) atoms. The first-order valence-electron chi connectivity index (χ1n) is 33.1. The summed E-state index contributed by atoms with van der Waals surface area (Å²) < 4.78 is 53.3. The average Bonchev–Trinajstić information content (AvgIpc) is 1.83. The summed E-state index contributed by atoms with van der Waals surface area (Å²) >= 11 is 0. The van der Waals surface area contributed by atoms with E-state index in [0.29, 0.717) is 22.6 Å². The Bertz CT molecular complexity index is 3230. The average molecular weight is 1530 g/mol. The SMILES string of the molecule is CC(C)OC(=O)C(CCC(=O)C=[N+]=[N-])NC(=O)OC(C)OC(=O)C(C)(C)C.CC(C)OC(=O)C(CCC(=O)C=[N+]=[N-])NC(=O)OC(C)OC(=O)C(C)C.CC(C)OC(=O)C(N)CCC(=O)C=[N+]=[N-].CC(OC(=O)ON1C(=O)CCC1=O)OC(=O)C(C)(C)C.CC(OC(=O)ON1C(=O)CCC1=O)OC(=O)C(C)C. The molecule has 6 amide bonds. The van der Waals surface area contributed by atoms with Gasteiger partial charge in [-0.1, -0.05) is 37.8 Å². The van der Waals surface area contributed by atoms with Gasteiger partial charge in [-0.15, -0.1) is 0 Å². The fraction of sp³-hybridized carbons (Fsp3) is 0.677. The Hall–Kier alpha value is -11.2. The van der Waals surface area contributed by atoms with E-state index in [-0.39, 0.29) is 82.0 Å². The second kappa shape index (κ2) is 51.0. The van der Waals surface area contributed by atoms with Crippen molar-refractivity contribution < 1.29 is 162 Å². The van der Waals surface area contributed by atoms with Crippen LogP contribution in [0.2, 0.25) is 0 Å². The molecule has 2 aliphatic rings. The van der Waals surface area contributed by atoms with E-state index in [1.165, 1.54) is 27.7 Å². The first-order valence-corrected chi connectivity index (χ1v) is 33.1. The highest BCUT2D eigenvalue weighted by molar-refractivity contribution is 6.26. The number of nitrogens with zero attached hydrogens (tertiary/aromatic N) is 8. The van der Waals surface area contributed by atoms with E-state index in [0.717, 1.165) is 6.21 Å². The fourth-order valence-electron chi connectivity index (χ4n) is 6.61. The molecule has 0 radical (unpaired) electrons. The fourth-order valence-corrected chi connectivity index (χ4v) is 6.61. The van der Waals surface area contributed by atoms with Crippen molar-refractivity contribution in [1.29, 1.82) is 0 Å². The highest BCUT2D eigenvalue weighted by Crippen LogP contribution is 2.20. The van der Waals surface area contributed by atoms with E-state index >= 15 is 0 Å². The Balaban J connectivity index is -0.00000128. The van der Waals surface area contributed by atoms with Crippen molar-refractivity contribution in [3.05, 3.63) is 16.6 Å². The van der Waals surface area contributed by atoms with E-state index in [1.807, 2.05) is 0 Å². The molecule has 0 saturated carbocycles. The minimum absolute atomic E-state index is 0.00992. The van der Waals surface area contributed by atoms with Gasteiger partial charge in [-0.05, 0) is 102 Å². The van der Waals surface area contributed by atoms with E-state index in [9.17, 15) is 86.3 Å². The molecule has 0 aromatic heterocycles. The minimum Gasteiger partial charge on any atom is -0.462 e. The molecule has 0 aromatic rings. The van der Waals surface area contributed by atoms with Gasteiger partial charge in [-0.2, -0.15) is 14.4 Å². The van der Waals surface area contributed by atoms with Gasteiger partial charge in [0.1, 0.15) is 18.1 Å². The maximum atomic E-state index is 12.1. The van der Waals surface area contributed by atoms with Crippen LogP contribution in [0.3, 0.4) is 0 Å². The number of rotatable bonds is 32. The first-order chi connectivity index (χ1) is 49.3. The second-order valence-corrected chi connectivity index (χ2v) is 25.9. The van der Waals surface area contributed by atoms with Gasteiger partial charge in [0.05, 0.1) is 41.0 Å². The van der Waals surface area contributed by atoms with Gasteiger partial charge in [-0.3, -0.25) is 67.2 Å². The number of hydroxylamine groups is 4. The van der Waals surface area contributed by atoms with Crippen LogP contribution < -0.4 is 16.4 Å². The minimum atomic E-state index is -1.29. The van der Waals surface area contributed by atoms with Crippen LogP contribution in [0.4, 0.5) is 19.2 Å². The molecule has 600 valence electrons. The predicted octanol–water partition coefficient (Wildman–Crippen LogP) is 4.65. The summed E-state index contributed by atoms with van der Waals surface area (Å²) in [6.45, 7) is 31.6. The number of hydrogen-bond acceptors (Lipinski definition) is 32. The Kier molecular flexibility index (Phi) is 47.7. The lowest BCUT2D eigenvalue weighted by molar-refractivity contribution is -0.194. The summed E-state index contributed by atoms with van der Waals surface area (Å²) in [6.07, 6.45) is -8.56. The first kappa shape index (κ1) is 99.9. The number of amides is 6. The number of nitrogens with one attached hydrogen (secondary N) is 2. The van der Waals surface area contributed by atoms with Gasteiger partial charge >= 0.3 is 84.9 Å². The predicted molar refractivity (Wildman–Crippen MR) is 358 cm³/mol. The Morgan fingerprint density at radius 1 is 0.393 bits per heavy atom. The third kappa shape index (κ3) is 47.7. The van der Waals surface area contributed by atoms with Crippen molar-refractivity contribution in [3.63, 3.8) is 0 Å². The lowest BCUT2D eigenvalue weighted by atomic mass is 9.97. The van der Waals surface area contributed by atoms with Crippen LogP contribution in [0.15, 0.2) is 0 Å². The number of nitrogens with two attached hydrogens (primary N) is 1. The van der Waals surface area contributed by atoms with Crippen molar-refractivity contribution in [2.24, 2.45) is 28.4 Å². The van der Waals surface area contributed by atoms with Gasteiger partial charge in [0.15, 0.2) is 0 Å². The topological polar surface area (TPSA) is 593 Å². The van der Waals surface area contributed by atoms with Crippen molar-refractivity contribution in [3.8, 4) is 0 Å². The van der Waals surface area contributed by atoms with Gasteiger partial charge < -0.3 is 85.1 Å². The molecule has 0 bridgehead atoms. The molecule has 42 nitrogen and oxygen atoms in total. The maximum absolute atomic E-state index is 12.1. The molecule has 4 N–H and O–H groups in total. The molecule has 42 heteroatoms. The Morgan fingerprint density at radius 2 is 0.654 bits per heavy atom. The van der Waals surface area contributed by atoms with Crippen molar-refractivity contribution in [2.45, 2.75) is 264 Å². The number of Topliss-reactive ketones (excluding diaryl/α,β-unsaturated/α-hetero) is 3. The number of ether oxygens (including phenoxy) is 11. The molecule has 2 heterocycles. The van der Waals surface area contributed by atoms with Gasteiger partial charge in [0.2, 0.25) is 42.5 Å². The summed E-state index contributed by atoms with van der Waals surface area (Å²) in [5, 5.41) is 5.24. The number of ketones is 3. The van der Waals surface area contributed by atoms with Gasteiger partial charge in [-0.25, -0.2) is 28.8 Å². The molecule has 0 aliphatic carbocycles. The molecule has 2 fully saturated rings. The molecule has 2 rings (SSSR count).